The first-order chi connectivity index (χ1) is 10.3. The lowest BCUT2D eigenvalue weighted by Crippen LogP contribution is -2.44. The van der Waals surface area contributed by atoms with Gasteiger partial charge >= 0.3 is 5.97 Å². The topological polar surface area (TPSA) is 75.6 Å². The van der Waals surface area contributed by atoms with E-state index < -0.39 is 36.0 Å². The molecule has 0 saturated heterocycles. The van der Waals surface area contributed by atoms with E-state index in [1.165, 1.54) is 18.9 Å². The number of methoxy groups -OCH3 is 1. The van der Waals surface area contributed by atoms with Crippen molar-refractivity contribution in [2.24, 2.45) is 0 Å². The van der Waals surface area contributed by atoms with Crippen LogP contribution in [0.1, 0.15) is 13.3 Å². The molecule has 1 aromatic rings. The average Bonchev–Trinajstić information content (AvgIpc) is 2.46. The summed E-state index contributed by atoms with van der Waals surface area (Å²) in [5.74, 6) is -1.41. The second kappa shape index (κ2) is 8.57. The van der Waals surface area contributed by atoms with E-state index in [4.69, 9.17) is 9.84 Å². The van der Waals surface area contributed by atoms with Gasteiger partial charge in [-0.15, -0.1) is 11.8 Å². The van der Waals surface area contributed by atoms with Gasteiger partial charge in [0.15, 0.2) is 0 Å². The lowest BCUT2D eigenvalue weighted by Gasteiger charge is -2.17. The lowest BCUT2D eigenvalue weighted by atomic mass is 10.2. The van der Waals surface area contributed by atoms with Crippen molar-refractivity contribution in [1.82, 2.24) is 5.32 Å². The predicted octanol–water partition coefficient (Wildman–Crippen LogP) is 2.40. The van der Waals surface area contributed by atoms with Gasteiger partial charge in [0, 0.05) is 11.3 Å². The van der Waals surface area contributed by atoms with Crippen LogP contribution in [0.3, 0.4) is 0 Å². The highest BCUT2D eigenvalue weighted by Crippen LogP contribution is 2.25. The molecule has 22 heavy (non-hydrogen) atoms. The number of thioether (sulfide) groups is 1. The van der Waals surface area contributed by atoms with Gasteiger partial charge in [0.2, 0.25) is 12.3 Å². The monoisotopic (exact) mass is 333 g/mol. The van der Waals surface area contributed by atoms with E-state index >= 15 is 0 Å². The molecule has 8 heteroatoms. The van der Waals surface area contributed by atoms with Gasteiger partial charge in [0.25, 0.3) is 0 Å². The number of carbonyl (C=O) groups is 2. The Kier molecular flexibility index (Phi) is 7.10. The number of nitrogens with one attached hydrogen (secondary N) is 1. The third-order valence-corrected chi connectivity index (χ3v) is 3.88. The van der Waals surface area contributed by atoms with Crippen LogP contribution in [0.15, 0.2) is 29.2 Å². The molecule has 122 valence electrons. The second-order valence-electron chi connectivity index (χ2n) is 4.46. The van der Waals surface area contributed by atoms with Crippen molar-refractivity contribution in [3.05, 3.63) is 24.3 Å². The largest absolute Gasteiger partial charge is 0.497 e. The summed E-state index contributed by atoms with van der Waals surface area (Å²) in [6.45, 7) is 1.57. The number of carboxylic acid groups (broad SMARTS) is 1. The van der Waals surface area contributed by atoms with E-state index in [1.54, 1.807) is 31.2 Å². The van der Waals surface area contributed by atoms with E-state index in [9.17, 15) is 18.4 Å². The number of carbonyl (C=O) groups excluding carboxylic acids is 1. The zero-order valence-electron chi connectivity index (χ0n) is 12.1. The van der Waals surface area contributed by atoms with Crippen molar-refractivity contribution in [2.75, 3.05) is 7.11 Å². The minimum atomic E-state index is -2.80. The molecule has 1 aromatic carbocycles. The van der Waals surface area contributed by atoms with Gasteiger partial charge in [0.05, 0.1) is 12.4 Å². The Balaban J connectivity index is 2.61. The molecule has 0 spiro atoms. The van der Waals surface area contributed by atoms with Crippen molar-refractivity contribution in [3.63, 3.8) is 0 Å². The molecule has 0 aliphatic carbocycles. The summed E-state index contributed by atoms with van der Waals surface area (Å²) in [6, 6.07) is 5.36. The molecule has 2 N–H and O–H groups in total. The predicted molar refractivity (Wildman–Crippen MR) is 78.5 cm³/mol. The smallest absolute Gasteiger partial charge is 0.326 e. The molecule has 0 aliphatic rings. The zero-order chi connectivity index (χ0) is 16.7. The minimum absolute atomic E-state index is 0.603. The highest BCUT2D eigenvalue weighted by molar-refractivity contribution is 8.00. The summed E-state index contributed by atoms with van der Waals surface area (Å²) in [4.78, 5) is 23.5. The van der Waals surface area contributed by atoms with E-state index in [1.807, 2.05) is 0 Å². The fourth-order valence-electron chi connectivity index (χ4n) is 1.60. The Hall–Kier alpha value is -1.83. The number of alkyl halides is 2. The molecule has 0 aromatic heterocycles. The number of hydrogen-bond acceptors (Lipinski definition) is 4. The Labute approximate surface area is 131 Å². The van der Waals surface area contributed by atoms with E-state index in [0.717, 1.165) is 4.90 Å². The van der Waals surface area contributed by atoms with Gasteiger partial charge in [-0.2, -0.15) is 0 Å². The normalized spacial score (nSPS) is 13.5. The maximum Gasteiger partial charge on any atom is 0.326 e. The van der Waals surface area contributed by atoms with Crippen molar-refractivity contribution in [1.29, 1.82) is 0 Å². The molecule has 5 nitrogen and oxygen atoms in total. The number of aliphatic carboxylic acids is 1. The Bertz CT molecular complexity index is 510. The Morgan fingerprint density at radius 1 is 1.32 bits per heavy atom. The summed E-state index contributed by atoms with van der Waals surface area (Å²) >= 11 is 1.20. The first-order valence-corrected chi connectivity index (χ1v) is 7.33. The van der Waals surface area contributed by atoms with E-state index in [-0.39, 0.29) is 0 Å². The number of hydrogen-bond donors (Lipinski definition) is 2. The summed E-state index contributed by atoms with van der Waals surface area (Å²) in [7, 11) is 1.53. The first kappa shape index (κ1) is 18.2. The van der Waals surface area contributed by atoms with Gasteiger partial charge in [-0.25, -0.2) is 13.6 Å². The summed E-state index contributed by atoms with van der Waals surface area (Å²) in [5.41, 5.74) is 0. The van der Waals surface area contributed by atoms with Crippen molar-refractivity contribution >= 4 is 23.6 Å². The molecule has 2 unspecified atom stereocenters. The third kappa shape index (κ3) is 5.88. The van der Waals surface area contributed by atoms with Gasteiger partial charge < -0.3 is 15.2 Å². The van der Waals surface area contributed by atoms with Crippen LogP contribution >= 0.6 is 11.8 Å². The van der Waals surface area contributed by atoms with E-state index in [2.05, 4.69) is 5.32 Å². The van der Waals surface area contributed by atoms with Gasteiger partial charge in [-0.3, -0.25) is 4.79 Å². The summed E-state index contributed by atoms with van der Waals surface area (Å²) in [6.07, 6.45) is -3.72. The minimum Gasteiger partial charge on any atom is -0.497 e. The standard InChI is InChI=1S/C14H17F2NO4S/c1-8(22-10-5-3-9(21-2)4-6-10)13(18)17-11(14(19)20)7-12(15)16/h3-6,8,11-12H,7H2,1-2H3,(H,17,18)(H,19,20). The zero-order valence-corrected chi connectivity index (χ0v) is 12.9. The molecule has 0 aliphatic heterocycles. The molecular weight excluding hydrogens is 316 g/mol. The number of carboxylic acids is 1. The van der Waals surface area contributed by atoms with Crippen LogP contribution in [-0.2, 0) is 9.59 Å². The summed E-state index contributed by atoms with van der Waals surface area (Å²) < 4.78 is 29.6. The Morgan fingerprint density at radius 3 is 2.36 bits per heavy atom. The van der Waals surface area contributed by atoms with Crippen LogP contribution in [0.4, 0.5) is 8.78 Å². The highest BCUT2D eigenvalue weighted by atomic mass is 32.2. The molecule has 2 atom stereocenters. The highest BCUT2D eigenvalue weighted by Gasteiger charge is 2.26. The van der Waals surface area contributed by atoms with Gasteiger partial charge in [-0.1, -0.05) is 0 Å². The van der Waals surface area contributed by atoms with Crippen molar-refractivity contribution < 1.29 is 28.2 Å². The summed E-state index contributed by atoms with van der Waals surface area (Å²) in [5, 5.41) is 10.3. The molecule has 1 amide bonds. The SMILES string of the molecule is COc1ccc(SC(C)C(=O)NC(CC(F)F)C(=O)O)cc1. The van der Waals surface area contributed by atoms with Crippen LogP contribution in [0, 0.1) is 0 Å². The van der Waals surface area contributed by atoms with Gasteiger partial charge in [-0.05, 0) is 31.2 Å². The molecular formula is C14H17F2NO4S. The third-order valence-electron chi connectivity index (χ3n) is 2.77. The maximum absolute atomic E-state index is 12.3. The van der Waals surface area contributed by atoms with Gasteiger partial charge in [0.1, 0.15) is 11.8 Å². The molecule has 0 heterocycles. The van der Waals surface area contributed by atoms with E-state index in [0.29, 0.717) is 5.75 Å². The molecule has 0 radical (unpaired) electrons. The van der Waals surface area contributed by atoms with Crippen molar-refractivity contribution in [2.45, 2.75) is 36.0 Å². The fourth-order valence-corrected chi connectivity index (χ4v) is 2.48. The second-order valence-corrected chi connectivity index (χ2v) is 5.88. The molecule has 0 bridgehead atoms. The van der Waals surface area contributed by atoms with Crippen LogP contribution < -0.4 is 10.1 Å². The average molecular weight is 333 g/mol. The van der Waals surface area contributed by atoms with Crippen molar-refractivity contribution in [3.8, 4) is 5.75 Å². The lowest BCUT2D eigenvalue weighted by molar-refractivity contribution is -0.142. The number of rotatable bonds is 8. The number of amides is 1. The number of benzene rings is 1. The molecule has 0 saturated carbocycles. The van der Waals surface area contributed by atoms with Crippen LogP contribution in [0.25, 0.3) is 0 Å². The quantitative estimate of drug-likeness (QED) is 0.715. The van der Waals surface area contributed by atoms with Crippen LogP contribution in [0.2, 0.25) is 0 Å². The number of ether oxygens (including phenoxy) is 1. The maximum atomic E-state index is 12.3. The number of halogens is 2. The van der Waals surface area contributed by atoms with Crippen LogP contribution in [-0.4, -0.2) is 41.8 Å². The molecule has 1 rings (SSSR count). The first-order valence-electron chi connectivity index (χ1n) is 6.45. The van der Waals surface area contributed by atoms with Crippen LogP contribution in [0.5, 0.6) is 5.75 Å². The molecule has 0 fully saturated rings. The Morgan fingerprint density at radius 2 is 1.91 bits per heavy atom. The fraction of sp³-hybridized carbons (Fsp3) is 0.429.